The highest BCUT2D eigenvalue weighted by Gasteiger charge is 2.21. The summed E-state index contributed by atoms with van der Waals surface area (Å²) in [6.07, 6.45) is 1.66. The van der Waals surface area contributed by atoms with Crippen molar-refractivity contribution in [1.82, 2.24) is 15.2 Å². The van der Waals surface area contributed by atoms with Crippen molar-refractivity contribution in [3.05, 3.63) is 29.6 Å². The van der Waals surface area contributed by atoms with Gasteiger partial charge in [-0.1, -0.05) is 0 Å². The molecule has 1 atom stereocenters. The summed E-state index contributed by atoms with van der Waals surface area (Å²) in [5.74, 6) is 0.0841. The van der Waals surface area contributed by atoms with E-state index >= 15 is 0 Å². The van der Waals surface area contributed by atoms with Crippen LogP contribution in [0, 0.1) is 6.92 Å². The Morgan fingerprint density at radius 1 is 1.56 bits per heavy atom. The molecule has 1 fully saturated rings. The van der Waals surface area contributed by atoms with Crippen molar-refractivity contribution >= 4 is 5.91 Å². The average Bonchev–Trinajstić information content (AvgIpc) is 2.29. The van der Waals surface area contributed by atoms with Crippen LogP contribution >= 0.6 is 0 Å². The Hall–Kier alpha value is -1.42. The monoisotopic (exact) mass is 219 g/mol. The number of nitrogens with one attached hydrogen (secondary N) is 1. The number of hydrogen-bond acceptors (Lipinski definition) is 3. The molecule has 2 rings (SSSR count). The van der Waals surface area contributed by atoms with Crippen molar-refractivity contribution < 1.29 is 4.79 Å². The maximum Gasteiger partial charge on any atom is 0.255 e. The SMILES string of the molecule is Cc1ccc(C(=O)N2CCN[C@H](C)C2)cn1. The Balaban J connectivity index is 2.09. The van der Waals surface area contributed by atoms with Crippen molar-refractivity contribution in [3.63, 3.8) is 0 Å². The number of carbonyl (C=O) groups excluding carboxylic acids is 1. The molecule has 2 heterocycles. The number of aryl methyl sites for hydroxylation is 1. The fraction of sp³-hybridized carbons (Fsp3) is 0.500. The van der Waals surface area contributed by atoms with Gasteiger partial charge in [-0.25, -0.2) is 0 Å². The molecule has 1 aromatic heterocycles. The van der Waals surface area contributed by atoms with Crippen LogP contribution in [0.25, 0.3) is 0 Å². The average molecular weight is 219 g/mol. The maximum atomic E-state index is 12.1. The molecule has 0 bridgehead atoms. The first-order valence-electron chi connectivity index (χ1n) is 5.62. The van der Waals surface area contributed by atoms with Gasteiger partial charge in [0.15, 0.2) is 0 Å². The normalized spacial score (nSPS) is 20.9. The van der Waals surface area contributed by atoms with Crippen molar-refractivity contribution in [3.8, 4) is 0 Å². The zero-order chi connectivity index (χ0) is 11.5. The third-order valence-electron chi connectivity index (χ3n) is 2.81. The molecule has 1 N–H and O–H groups in total. The molecule has 0 spiro atoms. The van der Waals surface area contributed by atoms with Gasteiger partial charge < -0.3 is 10.2 Å². The molecule has 4 nitrogen and oxygen atoms in total. The van der Waals surface area contributed by atoms with Crippen LogP contribution in [-0.2, 0) is 0 Å². The van der Waals surface area contributed by atoms with Crippen LogP contribution < -0.4 is 5.32 Å². The molecule has 4 heteroatoms. The molecule has 0 saturated carbocycles. The highest BCUT2D eigenvalue weighted by Crippen LogP contribution is 2.07. The summed E-state index contributed by atoms with van der Waals surface area (Å²) in [7, 11) is 0. The zero-order valence-corrected chi connectivity index (χ0v) is 9.73. The molecule has 1 saturated heterocycles. The summed E-state index contributed by atoms with van der Waals surface area (Å²) in [6, 6.07) is 4.09. The van der Waals surface area contributed by atoms with Crippen molar-refractivity contribution in [2.45, 2.75) is 19.9 Å². The van der Waals surface area contributed by atoms with Crippen LogP contribution in [0.5, 0.6) is 0 Å². The molecular formula is C12H17N3O. The van der Waals surface area contributed by atoms with Gasteiger partial charge in [-0.15, -0.1) is 0 Å². The van der Waals surface area contributed by atoms with Gasteiger partial charge in [0, 0.05) is 37.6 Å². The van der Waals surface area contributed by atoms with E-state index in [4.69, 9.17) is 0 Å². The fourth-order valence-corrected chi connectivity index (χ4v) is 1.89. The van der Waals surface area contributed by atoms with Crippen LogP contribution in [0.1, 0.15) is 23.0 Å². The second-order valence-electron chi connectivity index (χ2n) is 4.29. The van der Waals surface area contributed by atoms with E-state index in [1.165, 1.54) is 0 Å². The first kappa shape index (κ1) is 11.1. The summed E-state index contributed by atoms with van der Waals surface area (Å²) in [5.41, 5.74) is 1.62. The number of carbonyl (C=O) groups is 1. The van der Waals surface area contributed by atoms with E-state index in [0.29, 0.717) is 11.6 Å². The summed E-state index contributed by atoms with van der Waals surface area (Å²) in [4.78, 5) is 18.1. The van der Waals surface area contributed by atoms with Gasteiger partial charge in [-0.3, -0.25) is 9.78 Å². The molecular weight excluding hydrogens is 202 g/mol. The van der Waals surface area contributed by atoms with E-state index < -0.39 is 0 Å². The summed E-state index contributed by atoms with van der Waals surface area (Å²) in [5, 5.41) is 3.32. The lowest BCUT2D eigenvalue weighted by Gasteiger charge is -2.31. The Bertz CT molecular complexity index is 374. The molecule has 0 aliphatic carbocycles. The number of hydrogen-bond donors (Lipinski definition) is 1. The van der Waals surface area contributed by atoms with Gasteiger partial charge in [0.2, 0.25) is 0 Å². The van der Waals surface area contributed by atoms with E-state index in [9.17, 15) is 4.79 Å². The van der Waals surface area contributed by atoms with Gasteiger partial charge in [0.05, 0.1) is 5.56 Å². The Morgan fingerprint density at radius 2 is 2.38 bits per heavy atom. The number of piperazine rings is 1. The largest absolute Gasteiger partial charge is 0.336 e. The molecule has 86 valence electrons. The van der Waals surface area contributed by atoms with Gasteiger partial charge in [-0.2, -0.15) is 0 Å². The summed E-state index contributed by atoms with van der Waals surface area (Å²) in [6.45, 7) is 6.42. The molecule has 1 aliphatic heterocycles. The second-order valence-corrected chi connectivity index (χ2v) is 4.29. The Morgan fingerprint density at radius 3 is 3.00 bits per heavy atom. The highest BCUT2D eigenvalue weighted by molar-refractivity contribution is 5.94. The molecule has 0 aromatic carbocycles. The smallest absolute Gasteiger partial charge is 0.255 e. The van der Waals surface area contributed by atoms with Gasteiger partial charge in [0.1, 0.15) is 0 Å². The standard InChI is InChI=1S/C12H17N3O/c1-9-3-4-11(7-14-9)12(16)15-6-5-13-10(2)8-15/h3-4,7,10,13H,5-6,8H2,1-2H3/t10-/m1/s1. The van der Waals surface area contributed by atoms with Crippen molar-refractivity contribution in [2.24, 2.45) is 0 Å². The van der Waals surface area contributed by atoms with Crippen LogP contribution in [0.3, 0.4) is 0 Å². The van der Waals surface area contributed by atoms with E-state index in [0.717, 1.165) is 25.3 Å². The molecule has 16 heavy (non-hydrogen) atoms. The van der Waals surface area contributed by atoms with Crippen LogP contribution in [-0.4, -0.2) is 41.5 Å². The number of amides is 1. The van der Waals surface area contributed by atoms with E-state index in [2.05, 4.69) is 17.2 Å². The topological polar surface area (TPSA) is 45.2 Å². The van der Waals surface area contributed by atoms with Gasteiger partial charge in [0.25, 0.3) is 5.91 Å². The molecule has 1 aliphatic rings. The lowest BCUT2D eigenvalue weighted by atomic mass is 10.2. The predicted molar refractivity (Wildman–Crippen MR) is 62.3 cm³/mol. The zero-order valence-electron chi connectivity index (χ0n) is 9.73. The maximum absolute atomic E-state index is 12.1. The summed E-state index contributed by atoms with van der Waals surface area (Å²) < 4.78 is 0. The van der Waals surface area contributed by atoms with Gasteiger partial charge >= 0.3 is 0 Å². The molecule has 1 aromatic rings. The van der Waals surface area contributed by atoms with Crippen LogP contribution in [0.4, 0.5) is 0 Å². The Kier molecular flexibility index (Phi) is 3.19. The number of pyridine rings is 1. The van der Waals surface area contributed by atoms with E-state index in [1.807, 2.05) is 24.0 Å². The first-order valence-corrected chi connectivity index (χ1v) is 5.62. The van der Waals surface area contributed by atoms with Crippen LogP contribution in [0.15, 0.2) is 18.3 Å². The highest BCUT2D eigenvalue weighted by atomic mass is 16.2. The molecule has 0 unspecified atom stereocenters. The third kappa shape index (κ3) is 2.39. The van der Waals surface area contributed by atoms with E-state index in [1.54, 1.807) is 6.20 Å². The Labute approximate surface area is 95.7 Å². The first-order chi connectivity index (χ1) is 7.66. The fourth-order valence-electron chi connectivity index (χ4n) is 1.89. The van der Waals surface area contributed by atoms with Crippen LogP contribution in [0.2, 0.25) is 0 Å². The minimum Gasteiger partial charge on any atom is -0.336 e. The molecule has 1 amide bonds. The lowest BCUT2D eigenvalue weighted by Crippen LogP contribution is -2.51. The van der Waals surface area contributed by atoms with Gasteiger partial charge in [-0.05, 0) is 26.0 Å². The number of rotatable bonds is 1. The third-order valence-corrected chi connectivity index (χ3v) is 2.81. The van der Waals surface area contributed by atoms with E-state index in [-0.39, 0.29) is 5.91 Å². The minimum absolute atomic E-state index is 0.0841. The minimum atomic E-state index is 0.0841. The number of nitrogens with zero attached hydrogens (tertiary/aromatic N) is 2. The second kappa shape index (κ2) is 4.61. The number of aromatic nitrogens is 1. The molecule has 0 radical (unpaired) electrons. The summed E-state index contributed by atoms with van der Waals surface area (Å²) >= 11 is 0. The lowest BCUT2D eigenvalue weighted by molar-refractivity contribution is 0.0708. The van der Waals surface area contributed by atoms with Crippen molar-refractivity contribution in [2.75, 3.05) is 19.6 Å². The quantitative estimate of drug-likeness (QED) is 0.760. The predicted octanol–water partition coefficient (Wildman–Crippen LogP) is 0.824. The van der Waals surface area contributed by atoms with Crippen molar-refractivity contribution in [1.29, 1.82) is 0 Å².